The van der Waals surface area contributed by atoms with Gasteiger partial charge in [-0.05, 0) is 29.3 Å². The summed E-state index contributed by atoms with van der Waals surface area (Å²) in [5.74, 6) is -4.55. The van der Waals surface area contributed by atoms with E-state index < -0.39 is 50.5 Å². The van der Waals surface area contributed by atoms with Gasteiger partial charge in [0.2, 0.25) is 0 Å². The molecule has 1 N–H and O–H groups in total. The van der Waals surface area contributed by atoms with Gasteiger partial charge < -0.3 is 23.7 Å². The van der Waals surface area contributed by atoms with Crippen LogP contribution in [-0.2, 0) is 24.6 Å². The van der Waals surface area contributed by atoms with E-state index in [1.54, 1.807) is 32.0 Å². The lowest BCUT2D eigenvalue weighted by Gasteiger charge is -2.46. The highest BCUT2D eigenvalue weighted by atomic mass is 28.4. The van der Waals surface area contributed by atoms with E-state index >= 15 is 8.78 Å². The van der Waals surface area contributed by atoms with Crippen molar-refractivity contribution < 1.29 is 32.5 Å². The molecule has 0 aliphatic carbocycles. The smallest absolute Gasteiger partial charge is 0.301 e. The fourth-order valence-corrected chi connectivity index (χ4v) is 10.7. The number of benzene rings is 3. The van der Waals surface area contributed by atoms with Gasteiger partial charge in [0.1, 0.15) is 24.4 Å². The topological polar surface area (TPSA) is 57.2 Å². The van der Waals surface area contributed by atoms with Gasteiger partial charge in [0.15, 0.2) is 11.9 Å². The second-order valence-corrected chi connectivity index (χ2v) is 16.4. The van der Waals surface area contributed by atoms with Crippen molar-refractivity contribution in [3.05, 3.63) is 96.6 Å². The zero-order valence-corrected chi connectivity index (χ0v) is 24.6. The van der Waals surface area contributed by atoms with Crippen LogP contribution in [0.15, 0.2) is 91.0 Å². The normalized spacial score (nSPS) is 26.9. The monoisotopic (exact) mass is 568 g/mol. The first-order valence-electron chi connectivity index (χ1n) is 13.7. The van der Waals surface area contributed by atoms with E-state index in [0.717, 1.165) is 10.4 Å². The lowest BCUT2D eigenvalue weighted by atomic mass is 9.89. The molecule has 5 atom stereocenters. The average molecular weight is 569 g/mol. The summed E-state index contributed by atoms with van der Waals surface area (Å²) in [6.07, 6.45) is -6.15. The fourth-order valence-electron chi connectivity index (χ4n) is 6.11. The number of aliphatic hydroxyl groups excluding tert-OH is 1. The maximum atomic E-state index is 15.9. The van der Waals surface area contributed by atoms with E-state index in [-0.39, 0.29) is 17.2 Å². The Labute approximate surface area is 236 Å². The van der Waals surface area contributed by atoms with Crippen LogP contribution in [0.25, 0.3) is 0 Å². The molecule has 0 unspecified atom stereocenters. The number of fused-ring (bicyclic) bond motifs is 1. The lowest BCUT2D eigenvalue weighted by molar-refractivity contribution is -0.263. The molecule has 2 aliphatic heterocycles. The molecule has 3 aromatic rings. The van der Waals surface area contributed by atoms with Crippen LogP contribution in [0.1, 0.15) is 40.2 Å². The number of hydrogen-bond acceptors (Lipinski definition) is 5. The largest absolute Gasteiger partial charge is 0.405 e. The van der Waals surface area contributed by atoms with Gasteiger partial charge in [-0.15, -0.1) is 0 Å². The average Bonchev–Trinajstić information content (AvgIpc) is 3.27. The van der Waals surface area contributed by atoms with Gasteiger partial charge in [0.25, 0.3) is 8.32 Å². The van der Waals surface area contributed by atoms with E-state index in [9.17, 15) is 5.11 Å². The van der Waals surface area contributed by atoms with Crippen LogP contribution in [0.3, 0.4) is 0 Å². The van der Waals surface area contributed by atoms with Crippen molar-refractivity contribution in [1.82, 2.24) is 0 Å². The minimum Gasteiger partial charge on any atom is -0.405 e. The third kappa shape index (κ3) is 5.17. The summed E-state index contributed by atoms with van der Waals surface area (Å²) in [5.41, 5.74) is -0.234. The molecule has 3 aromatic carbocycles. The molecule has 0 amide bonds. The fraction of sp³-hybridized carbons (Fsp3) is 0.438. The van der Waals surface area contributed by atoms with Crippen molar-refractivity contribution in [2.24, 2.45) is 0 Å². The van der Waals surface area contributed by atoms with Gasteiger partial charge in [0, 0.05) is 5.56 Å². The zero-order chi connectivity index (χ0) is 28.8. The first-order valence-corrected chi connectivity index (χ1v) is 15.7. The van der Waals surface area contributed by atoms with Crippen LogP contribution >= 0.6 is 0 Å². The van der Waals surface area contributed by atoms with Crippen LogP contribution in [0, 0.1) is 0 Å². The predicted octanol–water partition coefficient (Wildman–Crippen LogP) is 5.00. The second kappa shape index (κ2) is 10.7. The van der Waals surface area contributed by atoms with Gasteiger partial charge in [0.05, 0.1) is 6.61 Å². The van der Waals surface area contributed by atoms with Crippen LogP contribution in [0.4, 0.5) is 8.78 Å². The van der Waals surface area contributed by atoms with E-state index in [0.29, 0.717) is 0 Å². The maximum absolute atomic E-state index is 15.9. The molecule has 0 aromatic heterocycles. The van der Waals surface area contributed by atoms with Crippen molar-refractivity contribution >= 4 is 18.7 Å². The molecule has 2 fully saturated rings. The summed E-state index contributed by atoms with van der Waals surface area (Å²) in [4.78, 5) is 0. The van der Waals surface area contributed by atoms with Gasteiger partial charge in [-0.1, -0.05) is 112 Å². The van der Waals surface area contributed by atoms with Gasteiger partial charge >= 0.3 is 5.92 Å². The number of ether oxygens (including phenoxy) is 3. The molecule has 2 saturated heterocycles. The lowest BCUT2D eigenvalue weighted by Crippen LogP contribution is -2.68. The number of halogens is 2. The molecule has 214 valence electrons. The van der Waals surface area contributed by atoms with Crippen molar-refractivity contribution in [2.45, 2.75) is 81.9 Å². The molecule has 8 heteroatoms. The highest BCUT2D eigenvalue weighted by Gasteiger charge is 2.61. The quantitative estimate of drug-likeness (QED) is 0.407. The molecule has 0 spiro atoms. The Morgan fingerprint density at radius 3 is 1.77 bits per heavy atom. The number of rotatable bonds is 7. The van der Waals surface area contributed by atoms with Gasteiger partial charge in [-0.2, -0.15) is 8.78 Å². The first kappa shape index (κ1) is 29.0. The molecule has 40 heavy (non-hydrogen) atoms. The van der Waals surface area contributed by atoms with Gasteiger partial charge in [-0.3, -0.25) is 0 Å². The molecule has 0 radical (unpaired) electrons. The van der Waals surface area contributed by atoms with Crippen molar-refractivity contribution in [3.63, 3.8) is 0 Å². The van der Waals surface area contributed by atoms with Crippen LogP contribution < -0.4 is 10.4 Å². The molecule has 5 nitrogen and oxygen atoms in total. The van der Waals surface area contributed by atoms with Crippen molar-refractivity contribution in [2.75, 3.05) is 6.61 Å². The summed E-state index contributed by atoms with van der Waals surface area (Å²) < 4.78 is 57.1. The van der Waals surface area contributed by atoms with E-state index in [2.05, 4.69) is 45.0 Å². The highest BCUT2D eigenvalue weighted by Crippen LogP contribution is 2.45. The minimum absolute atomic E-state index is 0.0119. The van der Waals surface area contributed by atoms with E-state index in [1.807, 2.05) is 36.4 Å². The summed E-state index contributed by atoms with van der Waals surface area (Å²) in [5, 5.41) is 13.0. The highest BCUT2D eigenvalue weighted by molar-refractivity contribution is 6.99. The maximum Gasteiger partial charge on any atom is 0.301 e. The molecular weight excluding hydrogens is 530 g/mol. The van der Waals surface area contributed by atoms with Crippen LogP contribution in [0.5, 0.6) is 0 Å². The predicted molar refractivity (Wildman–Crippen MR) is 152 cm³/mol. The molecule has 5 rings (SSSR count). The SMILES string of the molecule is CC1(C)O[C@@H]2[C@@H](O)[C@H](C(F)(F)c3ccccc3)O[C@H](CO[Si](c3ccccc3)(c3ccccc3)C(C)(C)C)[C@@H]2O1. The molecule has 2 aliphatic rings. The summed E-state index contributed by atoms with van der Waals surface area (Å²) in [6.45, 7) is 9.86. The van der Waals surface area contributed by atoms with Gasteiger partial charge in [-0.25, -0.2) is 0 Å². The van der Waals surface area contributed by atoms with E-state index in [4.69, 9.17) is 18.6 Å². The number of hydrogen-bond donors (Lipinski definition) is 1. The second-order valence-electron chi connectivity index (χ2n) is 12.1. The van der Waals surface area contributed by atoms with Crippen molar-refractivity contribution in [3.8, 4) is 0 Å². The minimum atomic E-state index is -3.47. The molecule has 0 bridgehead atoms. The summed E-state index contributed by atoms with van der Waals surface area (Å²) in [7, 11) is -2.99. The third-order valence-electron chi connectivity index (χ3n) is 7.90. The molecule has 2 heterocycles. The Hall–Kier alpha value is -2.46. The first-order chi connectivity index (χ1) is 18.9. The Kier molecular flexibility index (Phi) is 7.80. The van der Waals surface area contributed by atoms with Crippen LogP contribution in [-0.4, -0.2) is 56.3 Å². The standard InChI is InChI=1S/C32H38F2O5Si/c1-30(2,3)40(23-17-11-7-12-18-23,24-19-13-8-14-20-24)36-21-25-27-28(39-31(4,5)38-27)26(35)29(37-25)32(33,34)22-15-9-6-10-16-22/h6-20,25-29,35H,21H2,1-5H3/t25-,26-,27+,28-,29-/m1/s1. The molecular formula is C32H38F2O5Si. The summed E-state index contributed by atoms with van der Waals surface area (Å²) in [6, 6.07) is 27.6. The Morgan fingerprint density at radius 1 is 0.800 bits per heavy atom. The molecule has 0 saturated carbocycles. The van der Waals surface area contributed by atoms with Crippen molar-refractivity contribution in [1.29, 1.82) is 0 Å². The Bertz CT molecular complexity index is 1230. The third-order valence-corrected chi connectivity index (χ3v) is 12.9. The van der Waals surface area contributed by atoms with Crippen LogP contribution in [0.2, 0.25) is 5.04 Å². The zero-order valence-electron chi connectivity index (χ0n) is 23.6. The Morgan fingerprint density at radius 2 is 1.27 bits per heavy atom. The number of aliphatic hydroxyl groups is 1. The van der Waals surface area contributed by atoms with E-state index in [1.165, 1.54) is 12.1 Å². The Balaban J connectivity index is 1.54. The summed E-state index contributed by atoms with van der Waals surface area (Å²) >= 11 is 0. The number of alkyl halides is 2.